The summed E-state index contributed by atoms with van der Waals surface area (Å²) in [6.45, 7) is 0.742. The van der Waals surface area contributed by atoms with E-state index in [-0.39, 0.29) is 6.04 Å². The Hall–Kier alpha value is -1.39. The number of hydrogen-bond donors (Lipinski definition) is 1. The Kier molecular flexibility index (Phi) is 4.03. The van der Waals surface area contributed by atoms with Gasteiger partial charge < -0.3 is 10.5 Å². The van der Waals surface area contributed by atoms with Crippen molar-refractivity contribution < 1.29 is 4.74 Å². The maximum atomic E-state index is 6.45. The van der Waals surface area contributed by atoms with Crippen molar-refractivity contribution in [3.8, 4) is 5.75 Å². The van der Waals surface area contributed by atoms with Gasteiger partial charge in [-0.3, -0.25) is 4.98 Å². The molecule has 0 radical (unpaired) electrons. The number of nitrogens with two attached hydrogens (primary N) is 1. The van der Waals surface area contributed by atoms with Crippen LogP contribution in [0.4, 0.5) is 0 Å². The Morgan fingerprint density at radius 2 is 2.20 bits per heavy atom. The second-order valence-electron chi connectivity index (χ2n) is 5.16. The highest BCUT2D eigenvalue weighted by atomic mass is 79.9. The summed E-state index contributed by atoms with van der Waals surface area (Å²) in [4.78, 5) is 4.20. The van der Waals surface area contributed by atoms with Crippen LogP contribution in [-0.2, 0) is 6.42 Å². The van der Waals surface area contributed by atoms with Crippen LogP contribution in [0.2, 0.25) is 0 Å². The fourth-order valence-corrected chi connectivity index (χ4v) is 3.21. The molecule has 1 aromatic heterocycles. The maximum absolute atomic E-state index is 6.45. The summed E-state index contributed by atoms with van der Waals surface area (Å²) in [6, 6.07) is 10.4. The number of rotatable bonds is 3. The summed E-state index contributed by atoms with van der Waals surface area (Å²) in [5, 5.41) is 0. The number of benzene rings is 1. The van der Waals surface area contributed by atoms with E-state index in [2.05, 4.69) is 33.0 Å². The predicted octanol–water partition coefficient (Wildman–Crippen LogP) is 3.28. The molecule has 104 valence electrons. The summed E-state index contributed by atoms with van der Waals surface area (Å²) >= 11 is 3.45. The molecule has 0 amide bonds. The second-order valence-corrected chi connectivity index (χ2v) is 6.08. The first-order chi connectivity index (χ1) is 9.74. The molecule has 0 aliphatic carbocycles. The first kappa shape index (κ1) is 13.6. The van der Waals surface area contributed by atoms with Crippen molar-refractivity contribution in [3.05, 3.63) is 58.3 Å². The summed E-state index contributed by atoms with van der Waals surface area (Å²) in [7, 11) is 0. The molecule has 4 heteroatoms. The van der Waals surface area contributed by atoms with E-state index in [4.69, 9.17) is 10.5 Å². The minimum Gasteiger partial charge on any atom is -0.493 e. The highest BCUT2D eigenvalue weighted by Crippen LogP contribution is 2.35. The van der Waals surface area contributed by atoms with Gasteiger partial charge in [0.25, 0.3) is 0 Å². The molecule has 2 aromatic rings. The zero-order chi connectivity index (χ0) is 13.9. The molecule has 2 heterocycles. The largest absolute Gasteiger partial charge is 0.493 e. The first-order valence-corrected chi connectivity index (χ1v) is 7.60. The Morgan fingerprint density at radius 3 is 3.05 bits per heavy atom. The number of nitrogens with zero attached hydrogens (tertiary/aromatic N) is 1. The Bertz CT molecular complexity index is 603. The highest BCUT2D eigenvalue weighted by molar-refractivity contribution is 9.10. The summed E-state index contributed by atoms with van der Waals surface area (Å²) in [5.74, 6) is 1.32. The third kappa shape index (κ3) is 2.86. The Labute approximate surface area is 127 Å². The van der Waals surface area contributed by atoms with Gasteiger partial charge in [-0.05, 0) is 52.0 Å². The molecule has 0 saturated carbocycles. The van der Waals surface area contributed by atoms with Crippen LogP contribution >= 0.6 is 15.9 Å². The molecule has 0 bridgehead atoms. The van der Waals surface area contributed by atoms with E-state index < -0.39 is 0 Å². The molecule has 0 saturated heterocycles. The number of fused-ring (bicyclic) bond motifs is 1. The van der Waals surface area contributed by atoms with Gasteiger partial charge in [0.15, 0.2) is 0 Å². The summed E-state index contributed by atoms with van der Waals surface area (Å²) in [5.41, 5.74) is 8.84. The van der Waals surface area contributed by atoms with Crippen LogP contribution in [0.5, 0.6) is 5.75 Å². The van der Waals surface area contributed by atoms with Gasteiger partial charge in [-0.1, -0.05) is 18.2 Å². The number of para-hydroxylation sites is 1. The van der Waals surface area contributed by atoms with E-state index in [9.17, 15) is 0 Å². The quantitative estimate of drug-likeness (QED) is 0.938. The number of halogens is 1. The van der Waals surface area contributed by atoms with Crippen LogP contribution in [0.1, 0.15) is 23.5 Å². The lowest BCUT2D eigenvalue weighted by Gasteiger charge is -2.30. The lowest BCUT2D eigenvalue weighted by atomic mass is 9.84. The van der Waals surface area contributed by atoms with E-state index in [0.717, 1.165) is 35.2 Å². The van der Waals surface area contributed by atoms with E-state index in [1.54, 1.807) is 6.20 Å². The van der Waals surface area contributed by atoms with Crippen molar-refractivity contribution in [2.75, 3.05) is 6.61 Å². The average molecular weight is 333 g/mol. The van der Waals surface area contributed by atoms with Crippen LogP contribution in [0.25, 0.3) is 0 Å². The molecule has 1 aromatic carbocycles. The molecule has 1 aliphatic rings. The molecule has 2 N–H and O–H groups in total. The number of hydrogen-bond acceptors (Lipinski definition) is 3. The van der Waals surface area contributed by atoms with E-state index in [0.29, 0.717) is 5.92 Å². The van der Waals surface area contributed by atoms with Gasteiger partial charge in [0.05, 0.1) is 6.61 Å². The zero-order valence-electron chi connectivity index (χ0n) is 11.1. The lowest BCUT2D eigenvalue weighted by Crippen LogP contribution is -2.34. The molecule has 0 spiro atoms. The Balaban J connectivity index is 1.80. The van der Waals surface area contributed by atoms with Crippen molar-refractivity contribution in [2.24, 2.45) is 5.73 Å². The lowest BCUT2D eigenvalue weighted by molar-refractivity contribution is 0.254. The Morgan fingerprint density at radius 1 is 1.35 bits per heavy atom. The number of pyridine rings is 1. The summed E-state index contributed by atoms with van der Waals surface area (Å²) in [6.07, 6.45) is 5.47. The van der Waals surface area contributed by atoms with Gasteiger partial charge in [0.2, 0.25) is 0 Å². The van der Waals surface area contributed by atoms with Crippen molar-refractivity contribution >= 4 is 15.9 Å². The van der Waals surface area contributed by atoms with Gasteiger partial charge in [-0.2, -0.15) is 0 Å². The monoisotopic (exact) mass is 332 g/mol. The number of aromatic nitrogens is 1. The minimum atomic E-state index is 0.0798. The SMILES string of the molecule is NC(Cc1cncc(Br)c1)C1CCOc2ccccc21. The first-order valence-electron chi connectivity index (χ1n) is 6.81. The standard InChI is InChI=1S/C16H17BrN2O/c17-12-7-11(9-19-10-12)8-15(18)13-5-6-20-16-4-2-1-3-14(13)16/h1-4,7,9-10,13,15H,5-6,8,18H2. The molecule has 2 atom stereocenters. The minimum absolute atomic E-state index is 0.0798. The number of ether oxygens (including phenoxy) is 1. The van der Waals surface area contributed by atoms with Gasteiger partial charge in [0.1, 0.15) is 5.75 Å². The predicted molar refractivity (Wildman–Crippen MR) is 82.9 cm³/mol. The van der Waals surface area contributed by atoms with Gasteiger partial charge >= 0.3 is 0 Å². The van der Waals surface area contributed by atoms with Gasteiger partial charge in [0, 0.05) is 28.8 Å². The molecule has 3 nitrogen and oxygen atoms in total. The van der Waals surface area contributed by atoms with E-state index >= 15 is 0 Å². The molecular weight excluding hydrogens is 316 g/mol. The summed E-state index contributed by atoms with van der Waals surface area (Å²) < 4.78 is 6.69. The van der Waals surface area contributed by atoms with Gasteiger partial charge in [-0.15, -0.1) is 0 Å². The molecule has 3 rings (SSSR count). The zero-order valence-corrected chi connectivity index (χ0v) is 12.7. The van der Waals surface area contributed by atoms with Crippen molar-refractivity contribution in [1.29, 1.82) is 0 Å². The maximum Gasteiger partial charge on any atom is 0.122 e. The van der Waals surface area contributed by atoms with Crippen LogP contribution in [0.3, 0.4) is 0 Å². The molecule has 20 heavy (non-hydrogen) atoms. The van der Waals surface area contributed by atoms with Crippen LogP contribution in [0, 0.1) is 0 Å². The molecule has 2 unspecified atom stereocenters. The normalized spacial score (nSPS) is 19.0. The van der Waals surface area contributed by atoms with E-state index in [1.165, 1.54) is 5.56 Å². The third-order valence-electron chi connectivity index (χ3n) is 3.75. The second kappa shape index (κ2) is 5.94. The van der Waals surface area contributed by atoms with Crippen molar-refractivity contribution in [1.82, 2.24) is 4.98 Å². The molecule has 0 fully saturated rings. The average Bonchev–Trinajstić information content (AvgIpc) is 2.46. The molecule has 1 aliphatic heterocycles. The van der Waals surface area contributed by atoms with Gasteiger partial charge in [-0.25, -0.2) is 0 Å². The van der Waals surface area contributed by atoms with Crippen LogP contribution in [0.15, 0.2) is 47.2 Å². The van der Waals surface area contributed by atoms with Crippen LogP contribution < -0.4 is 10.5 Å². The molecular formula is C16H17BrN2O. The highest BCUT2D eigenvalue weighted by Gasteiger charge is 2.26. The van der Waals surface area contributed by atoms with Crippen molar-refractivity contribution in [3.63, 3.8) is 0 Å². The topological polar surface area (TPSA) is 48.1 Å². The fourth-order valence-electron chi connectivity index (χ4n) is 2.80. The smallest absolute Gasteiger partial charge is 0.122 e. The van der Waals surface area contributed by atoms with Crippen molar-refractivity contribution in [2.45, 2.75) is 24.8 Å². The fraction of sp³-hybridized carbons (Fsp3) is 0.312. The van der Waals surface area contributed by atoms with E-state index in [1.807, 2.05) is 24.4 Å². The van der Waals surface area contributed by atoms with Crippen LogP contribution in [-0.4, -0.2) is 17.6 Å². The third-order valence-corrected chi connectivity index (χ3v) is 4.19.